The van der Waals surface area contributed by atoms with Crippen molar-refractivity contribution in [1.82, 2.24) is 10.2 Å². The van der Waals surface area contributed by atoms with Gasteiger partial charge in [0.25, 0.3) is 11.8 Å². The predicted molar refractivity (Wildman–Crippen MR) is 83.0 cm³/mol. The van der Waals surface area contributed by atoms with Crippen molar-refractivity contribution in [2.24, 2.45) is 0 Å². The van der Waals surface area contributed by atoms with Gasteiger partial charge in [0.1, 0.15) is 17.1 Å². The zero-order chi connectivity index (χ0) is 17.0. The molecule has 1 aromatic carbocycles. The minimum Gasteiger partial charge on any atom is -0.497 e. The molecule has 7 heteroatoms. The normalized spacial score (nSPS) is 16.3. The molecule has 2 rings (SSSR count). The number of methoxy groups -OCH3 is 2. The third-order valence-corrected chi connectivity index (χ3v) is 3.24. The van der Waals surface area contributed by atoms with Gasteiger partial charge in [0.05, 0.1) is 14.2 Å². The smallest absolute Gasteiger partial charge is 0.331 e. The average Bonchev–Trinajstić information content (AvgIpc) is 2.55. The van der Waals surface area contributed by atoms with Crippen molar-refractivity contribution in [3.05, 3.63) is 42.0 Å². The van der Waals surface area contributed by atoms with E-state index in [-0.39, 0.29) is 12.1 Å². The molecule has 7 nitrogen and oxygen atoms in total. The van der Waals surface area contributed by atoms with Crippen LogP contribution in [0.1, 0.15) is 5.56 Å². The van der Waals surface area contributed by atoms with Gasteiger partial charge >= 0.3 is 6.03 Å². The molecule has 0 radical (unpaired) electrons. The number of amides is 4. The third kappa shape index (κ3) is 3.23. The Morgan fingerprint density at radius 3 is 2.57 bits per heavy atom. The minimum atomic E-state index is -0.765. The number of nitrogens with zero attached hydrogens (tertiary/aromatic N) is 1. The Morgan fingerprint density at radius 1 is 1.22 bits per heavy atom. The van der Waals surface area contributed by atoms with E-state index in [1.807, 2.05) is 0 Å². The van der Waals surface area contributed by atoms with Crippen LogP contribution in [0.15, 0.2) is 36.4 Å². The number of urea groups is 1. The number of ether oxygens (including phenoxy) is 2. The topological polar surface area (TPSA) is 84.9 Å². The molecule has 1 aliphatic rings. The standard InChI is InChI=1S/C16H16N2O5/c1-4-7-18-15(20)12(14(19)17-16(18)21)8-10-5-6-11(22-2)9-13(10)23-3/h4-6,8-9H,1,7H2,2-3H3,(H,17,19,21)/b12-8+. The summed E-state index contributed by atoms with van der Waals surface area (Å²) in [6.07, 6.45) is 2.78. The van der Waals surface area contributed by atoms with Gasteiger partial charge in [-0.15, -0.1) is 6.58 Å². The molecule has 1 aromatic rings. The van der Waals surface area contributed by atoms with Crippen LogP contribution < -0.4 is 14.8 Å². The van der Waals surface area contributed by atoms with Gasteiger partial charge in [-0.05, 0) is 18.2 Å². The molecule has 0 aromatic heterocycles. The average molecular weight is 316 g/mol. The lowest BCUT2D eigenvalue weighted by Gasteiger charge is -2.25. The summed E-state index contributed by atoms with van der Waals surface area (Å²) in [5.41, 5.74) is 0.356. The molecule has 1 N–H and O–H groups in total. The first-order valence-electron chi connectivity index (χ1n) is 6.73. The summed E-state index contributed by atoms with van der Waals surface area (Å²) >= 11 is 0. The Labute approximate surface area is 133 Å². The monoisotopic (exact) mass is 316 g/mol. The fourth-order valence-electron chi connectivity index (χ4n) is 2.08. The molecule has 0 spiro atoms. The van der Waals surface area contributed by atoms with Crippen LogP contribution in [0, 0.1) is 0 Å². The molecule has 23 heavy (non-hydrogen) atoms. The highest BCUT2D eigenvalue weighted by molar-refractivity contribution is 6.31. The Hall–Kier alpha value is -3.09. The predicted octanol–water partition coefficient (Wildman–Crippen LogP) is 1.35. The van der Waals surface area contributed by atoms with E-state index in [0.29, 0.717) is 17.1 Å². The zero-order valence-electron chi connectivity index (χ0n) is 12.8. The molecule has 0 aliphatic carbocycles. The molecule has 1 saturated heterocycles. The van der Waals surface area contributed by atoms with Crippen LogP contribution in [0.5, 0.6) is 11.5 Å². The van der Waals surface area contributed by atoms with Gasteiger partial charge in [0.15, 0.2) is 0 Å². The maximum atomic E-state index is 12.3. The first kappa shape index (κ1) is 16.3. The number of hydrogen-bond acceptors (Lipinski definition) is 5. The first-order chi connectivity index (χ1) is 11.0. The molecule has 1 fully saturated rings. The summed E-state index contributed by atoms with van der Waals surface area (Å²) in [6.45, 7) is 3.49. The summed E-state index contributed by atoms with van der Waals surface area (Å²) in [4.78, 5) is 36.8. The lowest BCUT2D eigenvalue weighted by molar-refractivity contribution is -0.129. The highest BCUT2D eigenvalue weighted by Crippen LogP contribution is 2.27. The van der Waals surface area contributed by atoms with Crippen LogP contribution in [0.4, 0.5) is 4.79 Å². The molecule has 0 bridgehead atoms. The van der Waals surface area contributed by atoms with Gasteiger partial charge in [-0.3, -0.25) is 19.8 Å². The first-order valence-corrected chi connectivity index (χ1v) is 6.73. The number of carbonyl (C=O) groups is 3. The van der Waals surface area contributed by atoms with Crippen molar-refractivity contribution in [1.29, 1.82) is 0 Å². The number of carbonyl (C=O) groups excluding carboxylic acids is 3. The van der Waals surface area contributed by atoms with Crippen LogP contribution in [-0.2, 0) is 9.59 Å². The molecule has 0 unspecified atom stereocenters. The fourth-order valence-corrected chi connectivity index (χ4v) is 2.08. The second-order valence-electron chi connectivity index (χ2n) is 4.63. The molecule has 4 amide bonds. The van der Waals surface area contributed by atoms with Gasteiger partial charge in [-0.1, -0.05) is 6.08 Å². The summed E-state index contributed by atoms with van der Waals surface area (Å²) in [7, 11) is 2.98. The van der Waals surface area contributed by atoms with Crippen LogP contribution in [0.3, 0.4) is 0 Å². The maximum absolute atomic E-state index is 12.3. The maximum Gasteiger partial charge on any atom is 0.331 e. The van der Waals surface area contributed by atoms with Gasteiger partial charge in [-0.25, -0.2) is 4.79 Å². The van der Waals surface area contributed by atoms with Gasteiger partial charge in [0, 0.05) is 18.2 Å². The second kappa shape index (κ2) is 6.78. The van der Waals surface area contributed by atoms with Crippen LogP contribution >= 0.6 is 0 Å². The Morgan fingerprint density at radius 2 is 1.96 bits per heavy atom. The molecule has 1 heterocycles. The molecule has 0 saturated carbocycles. The van der Waals surface area contributed by atoms with Crippen molar-refractivity contribution in [2.75, 3.05) is 20.8 Å². The lowest BCUT2D eigenvalue weighted by Crippen LogP contribution is -2.54. The number of nitrogens with one attached hydrogen (secondary N) is 1. The van der Waals surface area contributed by atoms with Gasteiger partial charge in [0.2, 0.25) is 0 Å². The van der Waals surface area contributed by atoms with E-state index in [1.165, 1.54) is 26.4 Å². The number of hydrogen-bond donors (Lipinski definition) is 1. The molecule has 0 atom stereocenters. The molecular weight excluding hydrogens is 300 g/mol. The fraction of sp³-hybridized carbons (Fsp3) is 0.188. The molecular formula is C16H16N2O5. The summed E-state index contributed by atoms with van der Waals surface area (Å²) in [6, 6.07) is 4.19. The van der Waals surface area contributed by atoms with E-state index in [9.17, 15) is 14.4 Å². The Kier molecular flexibility index (Phi) is 4.80. The molecule has 120 valence electrons. The number of benzene rings is 1. The largest absolute Gasteiger partial charge is 0.497 e. The second-order valence-corrected chi connectivity index (χ2v) is 4.63. The van der Waals surface area contributed by atoms with E-state index in [1.54, 1.807) is 18.2 Å². The van der Waals surface area contributed by atoms with Gasteiger partial charge in [-0.2, -0.15) is 0 Å². The van der Waals surface area contributed by atoms with Crippen molar-refractivity contribution in [3.8, 4) is 11.5 Å². The Balaban J connectivity index is 2.44. The third-order valence-electron chi connectivity index (χ3n) is 3.24. The van der Waals surface area contributed by atoms with Crippen molar-refractivity contribution in [3.63, 3.8) is 0 Å². The van der Waals surface area contributed by atoms with Crippen molar-refractivity contribution >= 4 is 23.9 Å². The summed E-state index contributed by atoms with van der Waals surface area (Å²) in [5, 5.41) is 2.12. The number of imide groups is 2. The Bertz CT molecular complexity index is 708. The van der Waals surface area contributed by atoms with Gasteiger partial charge < -0.3 is 9.47 Å². The van der Waals surface area contributed by atoms with E-state index < -0.39 is 17.8 Å². The number of rotatable bonds is 5. The van der Waals surface area contributed by atoms with Crippen molar-refractivity contribution in [2.45, 2.75) is 0 Å². The number of barbiturate groups is 1. The zero-order valence-corrected chi connectivity index (χ0v) is 12.8. The van der Waals surface area contributed by atoms with Crippen LogP contribution in [0.25, 0.3) is 6.08 Å². The van der Waals surface area contributed by atoms with Crippen molar-refractivity contribution < 1.29 is 23.9 Å². The highest BCUT2D eigenvalue weighted by Gasteiger charge is 2.35. The van der Waals surface area contributed by atoms with Crippen LogP contribution in [0.2, 0.25) is 0 Å². The van der Waals surface area contributed by atoms with E-state index in [0.717, 1.165) is 4.90 Å². The highest BCUT2D eigenvalue weighted by atomic mass is 16.5. The van der Waals surface area contributed by atoms with E-state index in [2.05, 4.69) is 11.9 Å². The quantitative estimate of drug-likeness (QED) is 0.503. The minimum absolute atomic E-state index is 0.00896. The summed E-state index contributed by atoms with van der Waals surface area (Å²) in [5.74, 6) is -0.425. The lowest BCUT2D eigenvalue weighted by atomic mass is 10.1. The van der Waals surface area contributed by atoms with E-state index >= 15 is 0 Å². The summed E-state index contributed by atoms with van der Waals surface area (Å²) < 4.78 is 10.3. The molecule has 1 aliphatic heterocycles. The SMILES string of the molecule is C=CCN1C(=O)NC(=O)/C(=C\c2ccc(OC)cc2OC)C1=O. The van der Waals surface area contributed by atoms with E-state index in [4.69, 9.17) is 9.47 Å². The van der Waals surface area contributed by atoms with Crippen LogP contribution in [-0.4, -0.2) is 43.5 Å².